The van der Waals surface area contributed by atoms with Crippen LogP contribution in [0.4, 0.5) is 0 Å². The Kier molecular flexibility index (Phi) is 4.11. The Morgan fingerprint density at radius 1 is 1.08 bits per heavy atom. The first-order valence-electron chi connectivity index (χ1n) is 9.21. The first-order valence-corrected chi connectivity index (χ1v) is 10.0. The van der Waals surface area contributed by atoms with E-state index in [9.17, 15) is 0 Å². The van der Waals surface area contributed by atoms with E-state index in [2.05, 4.69) is 39.3 Å². The van der Waals surface area contributed by atoms with Crippen molar-refractivity contribution in [3.8, 4) is 10.9 Å². The number of nitrogens with one attached hydrogen (secondary N) is 1. The average Bonchev–Trinajstić information content (AvgIpc) is 3.26. The fourth-order valence-electron chi connectivity index (χ4n) is 3.71. The molecular formula is C21H21N3OS. The van der Waals surface area contributed by atoms with Crippen LogP contribution in [0.25, 0.3) is 21.1 Å². The van der Waals surface area contributed by atoms with Crippen molar-refractivity contribution in [2.45, 2.75) is 25.8 Å². The van der Waals surface area contributed by atoms with Crippen LogP contribution in [0.3, 0.4) is 0 Å². The summed E-state index contributed by atoms with van der Waals surface area (Å²) in [6, 6.07) is 14.4. The quantitative estimate of drug-likeness (QED) is 0.516. The van der Waals surface area contributed by atoms with Gasteiger partial charge in [-0.1, -0.05) is 29.9 Å². The number of aromatic nitrogens is 2. The minimum Gasteiger partial charge on any atom is -0.431 e. The van der Waals surface area contributed by atoms with Crippen molar-refractivity contribution < 1.29 is 4.74 Å². The van der Waals surface area contributed by atoms with Gasteiger partial charge in [0.2, 0.25) is 0 Å². The molecule has 0 saturated carbocycles. The minimum atomic E-state index is 0.686. The van der Waals surface area contributed by atoms with Crippen LogP contribution in [-0.2, 0) is 6.54 Å². The van der Waals surface area contributed by atoms with E-state index in [0.717, 1.165) is 28.0 Å². The van der Waals surface area contributed by atoms with Gasteiger partial charge in [-0.3, -0.25) is 4.90 Å². The molecule has 0 amide bonds. The summed E-state index contributed by atoms with van der Waals surface area (Å²) in [5.74, 6) is 0.822. The molecule has 0 unspecified atom stereocenters. The Morgan fingerprint density at radius 3 is 2.85 bits per heavy atom. The Bertz CT molecular complexity index is 1010. The van der Waals surface area contributed by atoms with Crippen LogP contribution in [0.15, 0.2) is 48.7 Å². The molecule has 0 aliphatic carbocycles. The van der Waals surface area contributed by atoms with E-state index in [0.29, 0.717) is 5.19 Å². The molecule has 5 rings (SSSR count). The number of likely N-dealkylation sites (tertiary alicyclic amines) is 1. The lowest BCUT2D eigenvalue weighted by atomic mass is 10.1. The summed E-state index contributed by atoms with van der Waals surface area (Å²) in [7, 11) is 0. The summed E-state index contributed by atoms with van der Waals surface area (Å²) < 4.78 is 7.15. The van der Waals surface area contributed by atoms with Gasteiger partial charge in [-0.2, -0.15) is 0 Å². The minimum absolute atomic E-state index is 0.686. The van der Waals surface area contributed by atoms with Crippen molar-refractivity contribution in [3.05, 3.63) is 54.2 Å². The van der Waals surface area contributed by atoms with Crippen molar-refractivity contribution in [2.24, 2.45) is 0 Å². The lowest BCUT2D eigenvalue weighted by Gasteiger charge is -2.26. The maximum absolute atomic E-state index is 6.01. The predicted molar refractivity (Wildman–Crippen MR) is 107 cm³/mol. The van der Waals surface area contributed by atoms with Crippen molar-refractivity contribution in [1.82, 2.24) is 14.9 Å². The number of hydrogen-bond acceptors (Lipinski definition) is 4. The molecule has 26 heavy (non-hydrogen) atoms. The zero-order valence-corrected chi connectivity index (χ0v) is 15.4. The van der Waals surface area contributed by atoms with E-state index in [1.54, 1.807) is 11.3 Å². The maximum Gasteiger partial charge on any atom is 0.279 e. The van der Waals surface area contributed by atoms with Gasteiger partial charge in [0.1, 0.15) is 5.75 Å². The molecule has 2 aromatic carbocycles. The van der Waals surface area contributed by atoms with Crippen LogP contribution in [-0.4, -0.2) is 28.0 Å². The van der Waals surface area contributed by atoms with Crippen molar-refractivity contribution in [2.75, 3.05) is 13.1 Å². The zero-order chi connectivity index (χ0) is 17.3. The van der Waals surface area contributed by atoms with E-state index in [-0.39, 0.29) is 0 Å². The number of rotatable bonds is 4. The van der Waals surface area contributed by atoms with Crippen LogP contribution in [0.2, 0.25) is 0 Å². The molecule has 1 fully saturated rings. The molecule has 5 heteroatoms. The first-order chi connectivity index (χ1) is 12.8. The summed E-state index contributed by atoms with van der Waals surface area (Å²) >= 11 is 1.58. The smallest absolute Gasteiger partial charge is 0.279 e. The van der Waals surface area contributed by atoms with Crippen LogP contribution in [0.5, 0.6) is 10.9 Å². The van der Waals surface area contributed by atoms with E-state index in [4.69, 9.17) is 4.74 Å². The summed E-state index contributed by atoms with van der Waals surface area (Å²) in [5.41, 5.74) is 3.47. The molecule has 0 bridgehead atoms. The molecule has 0 atom stereocenters. The molecule has 1 saturated heterocycles. The second-order valence-electron chi connectivity index (χ2n) is 6.91. The number of para-hydroxylation sites is 1. The molecule has 1 aliphatic rings. The highest BCUT2D eigenvalue weighted by molar-refractivity contribution is 7.20. The molecule has 4 nitrogen and oxygen atoms in total. The fourth-order valence-corrected chi connectivity index (χ4v) is 4.55. The standard InChI is InChI=1S/C21H21N3OS/c1-4-10-24(11-5-1)14-15-13-22-19-12-16(8-9-17(15)19)25-21-23-18-6-2-3-7-20(18)26-21/h2-3,6-9,12-13,22H,1,4-5,10-11,14H2. The van der Waals surface area contributed by atoms with E-state index in [1.807, 2.05) is 24.3 Å². The molecule has 4 aromatic rings. The topological polar surface area (TPSA) is 41.1 Å². The number of H-pyrrole nitrogens is 1. The van der Waals surface area contributed by atoms with Crippen LogP contribution < -0.4 is 4.74 Å². The van der Waals surface area contributed by atoms with Crippen molar-refractivity contribution in [3.63, 3.8) is 0 Å². The Hall–Kier alpha value is -2.37. The number of ether oxygens (including phenoxy) is 1. The highest BCUT2D eigenvalue weighted by atomic mass is 32.1. The number of piperidine rings is 1. The van der Waals surface area contributed by atoms with Gasteiger partial charge in [0, 0.05) is 29.7 Å². The molecule has 1 N–H and O–H groups in total. The number of benzene rings is 2. The maximum atomic E-state index is 6.01. The predicted octanol–water partition coefficient (Wildman–Crippen LogP) is 5.56. The third kappa shape index (κ3) is 3.08. The van der Waals surface area contributed by atoms with Gasteiger partial charge in [0.05, 0.1) is 10.2 Å². The molecule has 132 valence electrons. The molecular weight excluding hydrogens is 342 g/mol. The van der Waals surface area contributed by atoms with Crippen LogP contribution in [0, 0.1) is 0 Å². The van der Waals surface area contributed by atoms with Gasteiger partial charge >= 0.3 is 0 Å². The third-order valence-corrected chi connectivity index (χ3v) is 5.98. The van der Waals surface area contributed by atoms with Crippen LogP contribution >= 0.6 is 11.3 Å². The highest BCUT2D eigenvalue weighted by Gasteiger charge is 2.13. The Labute approximate surface area is 156 Å². The normalized spacial score (nSPS) is 15.7. The van der Waals surface area contributed by atoms with Gasteiger partial charge < -0.3 is 9.72 Å². The second-order valence-corrected chi connectivity index (χ2v) is 7.90. The largest absolute Gasteiger partial charge is 0.431 e. The molecule has 0 radical (unpaired) electrons. The monoisotopic (exact) mass is 363 g/mol. The van der Waals surface area contributed by atoms with Gasteiger partial charge in [-0.15, -0.1) is 0 Å². The summed E-state index contributed by atoms with van der Waals surface area (Å²) in [5, 5.41) is 1.97. The molecule has 0 spiro atoms. The molecule has 1 aliphatic heterocycles. The van der Waals surface area contributed by atoms with Crippen LogP contribution in [0.1, 0.15) is 24.8 Å². The van der Waals surface area contributed by atoms with Gasteiger partial charge in [0.15, 0.2) is 0 Å². The first kappa shape index (κ1) is 15.9. The average molecular weight is 363 g/mol. The second kappa shape index (κ2) is 6.74. The lowest BCUT2D eigenvalue weighted by Crippen LogP contribution is -2.28. The Balaban J connectivity index is 1.38. The van der Waals surface area contributed by atoms with Gasteiger partial charge in [-0.05, 0) is 55.8 Å². The third-order valence-electron chi connectivity index (χ3n) is 5.06. The zero-order valence-electron chi connectivity index (χ0n) is 14.6. The summed E-state index contributed by atoms with van der Waals surface area (Å²) in [4.78, 5) is 10.5. The Morgan fingerprint density at radius 2 is 1.96 bits per heavy atom. The number of nitrogens with zero attached hydrogens (tertiary/aromatic N) is 2. The molecule has 2 aromatic heterocycles. The van der Waals surface area contributed by atoms with Crippen molar-refractivity contribution in [1.29, 1.82) is 0 Å². The summed E-state index contributed by atoms with van der Waals surface area (Å²) in [6.45, 7) is 3.45. The van der Waals surface area contributed by atoms with E-state index in [1.165, 1.54) is 43.3 Å². The number of thiazole rings is 1. The fraction of sp³-hybridized carbons (Fsp3) is 0.286. The van der Waals surface area contributed by atoms with Gasteiger partial charge in [-0.25, -0.2) is 4.98 Å². The number of hydrogen-bond donors (Lipinski definition) is 1. The van der Waals surface area contributed by atoms with E-state index < -0.39 is 0 Å². The number of aromatic amines is 1. The van der Waals surface area contributed by atoms with E-state index >= 15 is 0 Å². The summed E-state index contributed by atoms with van der Waals surface area (Å²) in [6.07, 6.45) is 6.16. The van der Waals surface area contributed by atoms with Crippen molar-refractivity contribution >= 4 is 32.5 Å². The SMILES string of the molecule is c1ccc2sc(Oc3ccc4c(CN5CCCCC5)c[nH]c4c3)nc2c1. The van der Waals surface area contributed by atoms with Gasteiger partial charge in [0.25, 0.3) is 5.19 Å². The highest BCUT2D eigenvalue weighted by Crippen LogP contribution is 2.33. The molecule has 3 heterocycles. The lowest BCUT2D eigenvalue weighted by molar-refractivity contribution is 0.221. The number of fused-ring (bicyclic) bond motifs is 2.